The van der Waals surface area contributed by atoms with Crippen LogP contribution in [0.2, 0.25) is 0 Å². The van der Waals surface area contributed by atoms with Crippen LogP contribution in [0.4, 0.5) is 0 Å². The number of hydrogen-bond acceptors (Lipinski definition) is 5. The van der Waals surface area contributed by atoms with E-state index in [-0.39, 0.29) is 36.3 Å². The summed E-state index contributed by atoms with van der Waals surface area (Å²) in [6, 6.07) is 12.2. The van der Waals surface area contributed by atoms with Gasteiger partial charge in [0.2, 0.25) is 0 Å². The van der Waals surface area contributed by atoms with Crippen molar-refractivity contribution in [3.05, 3.63) is 59.2 Å². The van der Waals surface area contributed by atoms with Crippen LogP contribution in [-0.4, -0.2) is 47.2 Å². The average molecular weight is 407 g/mol. The highest BCUT2D eigenvalue weighted by Crippen LogP contribution is 2.44. The summed E-state index contributed by atoms with van der Waals surface area (Å²) >= 11 is 0. The Morgan fingerprint density at radius 3 is 2.70 bits per heavy atom. The molecule has 30 heavy (non-hydrogen) atoms. The number of nitrogens with zero attached hydrogens (tertiary/aromatic N) is 1. The Bertz CT molecular complexity index is 997. The summed E-state index contributed by atoms with van der Waals surface area (Å²) in [5, 5.41) is 9.50. The van der Waals surface area contributed by atoms with Crippen molar-refractivity contribution in [3.63, 3.8) is 0 Å². The number of rotatable bonds is 5. The molecule has 3 aliphatic rings. The second-order valence-corrected chi connectivity index (χ2v) is 8.51. The molecule has 6 heteroatoms. The van der Waals surface area contributed by atoms with Gasteiger partial charge in [-0.2, -0.15) is 0 Å². The first-order valence-electron chi connectivity index (χ1n) is 10.6. The van der Waals surface area contributed by atoms with Gasteiger partial charge in [-0.3, -0.25) is 14.5 Å². The number of aromatic hydroxyl groups is 1. The molecule has 1 aliphatic carbocycles. The molecular weight excluding hydrogens is 382 g/mol. The maximum atomic E-state index is 12.9. The first-order valence-corrected chi connectivity index (χ1v) is 10.6. The fourth-order valence-corrected chi connectivity index (χ4v) is 4.69. The fraction of sp³-hybridized carbons (Fsp3) is 0.417. The smallest absolute Gasteiger partial charge is 0.261 e. The normalized spacial score (nSPS) is 25.3. The number of carbonyl (C=O) groups excluding carboxylic acids is 2. The predicted octanol–water partition coefficient (Wildman–Crippen LogP) is 3.88. The molecule has 0 aromatic heterocycles. The Hall–Kier alpha value is -2.86. The number of ether oxygens (including phenoxy) is 2. The highest BCUT2D eigenvalue weighted by molar-refractivity contribution is 6.21. The van der Waals surface area contributed by atoms with E-state index in [2.05, 4.69) is 0 Å². The summed E-state index contributed by atoms with van der Waals surface area (Å²) in [4.78, 5) is 26.9. The van der Waals surface area contributed by atoms with Gasteiger partial charge in [-0.25, -0.2) is 0 Å². The number of benzene rings is 2. The second-order valence-electron chi connectivity index (χ2n) is 8.51. The molecule has 2 fully saturated rings. The van der Waals surface area contributed by atoms with Gasteiger partial charge in [0.1, 0.15) is 18.1 Å². The lowest BCUT2D eigenvalue weighted by Crippen LogP contribution is -2.33. The molecule has 0 radical (unpaired) electrons. The lowest BCUT2D eigenvalue weighted by Gasteiger charge is -2.15. The number of imide groups is 1. The lowest BCUT2D eigenvalue weighted by molar-refractivity contribution is 0.0631. The molecule has 5 rings (SSSR count). The molecule has 2 unspecified atom stereocenters. The highest BCUT2D eigenvalue weighted by Gasteiger charge is 2.45. The molecule has 2 aromatic rings. The molecule has 1 N–H and O–H groups in total. The molecule has 2 aliphatic heterocycles. The van der Waals surface area contributed by atoms with Crippen LogP contribution in [0.1, 0.15) is 64.3 Å². The average Bonchev–Trinajstić information content (AvgIpc) is 3.52. The van der Waals surface area contributed by atoms with Crippen molar-refractivity contribution in [2.75, 3.05) is 19.8 Å². The van der Waals surface area contributed by atoms with Crippen molar-refractivity contribution in [2.24, 2.45) is 0 Å². The molecule has 2 atom stereocenters. The predicted molar refractivity (Wildman–Crippen MR) is 110 cm³/mol. The van der Waals surface area contributed by atoms with E-state index < -0.39 is 0 Å². The SMILES string of the molecule is O=C1c2ccc(C3CCCC4(CC3)CO4)cc2C(=O)N1CCOc1cccc(O)c1. The monoisotopic (exact) mass is 407 g/mol. The van der Waals surface area contributed by atoms with Crippen LogP contribution >= 0.6 is 0 Å². The van der Waals surface area contributed by atoms with Gasteiger partial charge in [0.15, 0.2) is 0 Å². The third-order valence-electron chi connectivity index (χ3n) is 6.55. The zero-order valence-electron chi connectivity index (χ0n) is 16.8. The molecule has 6 nitrogen and oxygen atoms in total. The third kappa shape index (κ3) is 3.56. The van der Waals surface area contributed by atoms with Crippen LogP contribution in [0.15, 0.2) is 42.5 Å². The van der Waals surface area contributed by atoms with Crippen molar-refractivity contribution >= 4 is 11.8 Å². The summed E-state index contributed by atoms with van der Waals surface area (Å²) in [7, 11) is 0. The highest BCUT2D eigenvalue weighted by atomic mass is 16.6. The Labute approximate surface area is 175 Å². The van der Waals surface area contributed by atoms with Gasteiger partial charge in [0.25, 0.3) is 11.8 Å². The van der Waals surface area contributed by atoms with Crippen molar-refractivity contribution in [1.29, 1.82) is 0 Å². The summed E-state index contributed by atoms with van der Waals surface area (Å²) in [5.41, 5.74) is 2.24. The van der Waals surface area contributed by atoms with Crippen LogP contribution in [0.3, 0.4) is 0 Å². The molecule has 0 bridgehead atoms. The minimum atomic E-state index is -0.271. The minimum absolute atomic E-state index is 0.110. The van der Waals surface area contributed by atoms with Gasteiger partial charge in [-0.15, -0.1) is 0 Å². The Morgan fingerprint density at radius 2 is 1.90 bits per heavy atom. The number of epoxide rings is 1. The number of phenols is 1. The molecule has 2 amide bonds. The zero-order valence-corrected chi connectivity index (χ0v) is 16.8. The third-order valence-corrected chi connectivity index (χ3v) is 6.55. The van der Waals surface area contributed by atoms with Crippen LogP contribution in [-0.2, 0) is 4.74 Å². The molecular formula is C24H25NO5. The first kappa shape index (κ1) is 19.1. The van der Waals surface area contributed by atoms with E-state index in [0.29, 0.717) is 22.8 Å². The van der Waals surface area contributed by atoms with E-state index in [9.17, 15) is 14.7 Å². The maximum Gasteiger partial charge on any atom is 0.261 e. The Kier molecular flexibility index (Phi) is 4.74. The zero-order chi connectivity index (χ0) is 20.7. The lowest BCUT2D eigenvalue weighted by atomic mass is 9.89. The minimum Gasteiger partial charge on any atom is -0.508 e. The van der Waals surface area contributed by atoms with Crippen LogP contribution < -0.4 is 4.74 Å². The summed E-state index contributed by atoms with van der Waals surface area (Å²) in [6.07, 6.45) is 5.47. The van der Waals surface area contributed by atoms with Gasteiger partial charge in [0, 0.05) is 6.07 Å². The van der Waals surface area contributed by atoms with Crippen molar-refractivity contribution in [2.45, 2.75) is 43.6 Å². The fourth-order valence-electron chi connectivity index (χ4n) is 4.69. The van der Waals surface area contributed by atoms with Gasteiger partial charge >= 0.3 is 0 Å². The number of amides is 2. The largest absolute Gasteiger partial charge is 0.508 e. The van der Waals surface area contributed by atoms with Crippen molar-refractivity contribution in [1.82, 2.24) is 4.90 Å². The standard InChI is InChI=1S/C24H25NO5/c26-18-4-1-5-19(14-18)29-12-11-25-22(27)20-7-6-17(13-21(20)23(25)28)16-3-2-9-24(10-8-16)15-30-24/h1,4-7,13-14,16,26H,2-3,8-12,15H2. The molecule has 1 saturated heterocycles. The van der Waals surface area contributed by atoms with E-state index in [1.165, 1.54) is 11.0 Å². The van der Waals surface area contributed by atoms with Crippen LogP contribution in [0.5, 0.6) is 11.5 Å². The quantitative estimate of drug-likeness (QED) is 0.601. The van der Waals surface area contributed by atoms with Gasteiger partial charge in [-0.1, -0.05) is 12.1 Å². The van der Waals surface area contributed by atoms with E-state index in [1.807, 2.05) is 12.1 Å². The summed E-state index contributed by atoms with van der Waals surface area (Å²) in [6.45, 7) is 1.23. The van der Waals surface area contributed by atoms with E-state index in [1.54, 1.807) is 24.3 Å². The molecule has 156 valence electrons. The Morgan fingerprint density at radius 1 is 1.07 bits per heavy atom. The molecule has 1 saturated carbocycles. The summed E-state index contributed by atoms with van der Waals surface area (Å²) in [5.74, 6) is 0.488. The molecule has 1 spiro atoms. The van der Waals surface area contributed by atoms with Crippen LogP contribution in [0, 0.1) is 0 Å². The second kappa shape index (κ2) is 7.43. The van der Waals surface area contributed by atoms with E-state index >= 15 is 0 Å². The van der Waals surface area contributed by atoms with Crippen LogP contribution in [0.25, 0.3) is 0 Å². The molecule has 2 aromatic carbocycles. The number of phenolic OH excluding ortho intramolecular Hbond substituents is 1. The molecule has 2 heterocycles. The first-order chi connectivity index (χ1) is 14.5. The number of fused-ring (bicyclic) bond motifs is 1. The van der Waals surface area contributed by atoms with Crippen molar-refractivity contribution < 1.29 is 24.2 Å². The number of carbonyl (C=O) groups is 2. The van der Waals surface area contributed by atoms with Gasteiger partial charge in [0.05, 0.1) is 29.9 Å². The number of hydrogen-bond donors (Lipinski definition) is 1. The van der Waals surface area contributed by atoms with Gasteiger partial charge in [-0.05, 0) is 67.9 Å². The maximum absolute atomic E-state index is 12.9. The summed E-state index contributed by atoms with van der Waals surface area (Å²) < 4.78 is 11.2. The van der Waals surface area contributed by atoms with E-state index in [0.717, 1.165) is 44.3 Å². The topological polar surface area (TPSA) is 79.4 Å². The Balaban J connectivity index is 1.26. The van der Waals surface area contributed by atoms with Gasteiger partial charge < -0.3 is 14.6 Å². The van der Waals surface area contributed by atoms with E-state index in [4.69, 9.17) is 9.47 Å². The van der Waals surface area contributed by atoms with Crippen molar-refractivity contribution in [3.8, 4) is 11.5 Å².